The Morgan fingerprint density at radius 1 is 1.11 bits per heavy atom. The van der Waals surface area contributed by atoms with Gasteiger partial charge in [-0.3, -0.25) is 0 Å². The van der Waals surface area contributed by atoms with E-state index < -0.39 is 0 Å². The number of imidazole rings is 1. The highest BCUT2D eigenvalue weighted by atomic mass is 35.5. The molecule has 5 rings (SSSR count). The molecular formula is C20H14ClFN4O2. The smallest absolute Gasteiger partial charge is 0.278 e. The maximum atomic E-state index is 14.1. The van der Waals surface area contributed by atoms with E-state index >= 15 is 0 Å². The molecule has 0 saturated carbocycles. The standard InChI is InChI=1S/C20H14ClFN4O2/c21-13-7-5-12(6-8-13)19-24-20(28-25-19)18-16-10-27-17(9-26(16)11-23-18)14-3-1-2-4-15(14)22/h1-8,11,17H,9-10H2. The Morgan fingerprint density at radius 2 is 1.93 bits per heavy atom. The topological polar surface area (TPSA) is 66.0 Å². The van der Waals surface area contributed by atoms with Crippen molar-refractivity contribution < 1.29 is 13.7 Å². The number of ether oxygens (including phenoxy) is 1. The van der Waals surface area contributed by atoms with E-state index in [1.807, 2.05) is 16.7 Å². The minimum absolute atomic E-state index is 0.271. The van der Waals surface area contributed by atoms with Gasteiger partial charge >= 0.3 is 0 Å². The zero-order chi connectivity index (χ0) is 19.1. The molecule has 0 saturated heterocycles. The third kappa shape index (κ3) is 2.98. The molecule has 0 N–H and O–H groups in total. The fraction of sp³-hybridized carbons (Fsp3) is 0.150. The van der Waals surface area contributed by atoms with Crippen molar-refractivity contribution in [1.29, 1.82) is 0 Å². The first-order valence-electron chi connectivity index (χ1n) is 8.69. The van der Waals surface area contributed by atoms with Crippen molar-refractivity contribution in [1.82, 2.24) is 19.7 Å². The van der Waals surface area contributed by atoms with Crippen LogP contribution in [-0.4, -0.2) is 19.7 Å². The van der Waals surface area contributed by atoms with Crippen LogP contribution in [0.2, 0.25) is 5.02 Å². The fourth-order valence-corrected chi connectivity index (χ4v) is 3.39. The molecular weight excluding hydrogens is 383 g/mol. The number of hydrogen-bond acceptors (Lipinski definition) is 5. The number of nitrogens with zero attached hydrogens (tertiary/aromatic N) is 4. The zero-order valence-corrected chi connectivity index (χ0v) is 15.3. The number of aromatic nitrogens is 4. The van der Waals surface area contributed by atoms with Crippen molar-refractivity contribution in [2.24, 2.45) is 0 Å². The van der Waals surface area contributed by atoms with Crippen LogP contribution in [-0.2, 0) is 17.9 Å². The Morgan fingerprint density at radius 3 is 2.75 bits per heavy atom. The van der Waals surface area contributed by atoms with E-state index in [9.17, 15) is 4.39 Å². The van der Waals surface area contributed by atoms with Gasteiger partial charge in [0.25, 0.3) is 5.89 Å². The van der Waals surface area contributed by atoms with Gasteiger partial charge in [0.05, 0.1) is 25.2 Å². The van der Waals surface area contributed by atoms with Crippen LogP contribution in [0.15, 0.2) is 59.4 Å². The highest BCUT2D eigenvalue weighted by Crippen LogP contribution is 2.32. The summed E-state index contributed by atoms with van der Waals surface area (Å²) in [5.41, 5.74) is 2.72. The quantitative estimate of drug-likeness (QED) is 0.503. The van der Waals surface area contributed by atoms with Gasteiger partial charge in [0, 0.05) is 16.1 Å². The molecule has 2 aromatic carbocycles. The van der Waals surface area contributed by atoms with Crippen LogP contribution in [0.4, 0.5) is 4.39 Å². The van der Waals surface area contributed by atoms with Gasteiger partial charge in [-0.2, -0.15) is 4.98 Å². The van der Waals surface area contributed by atoms with Gasteiger partial charge in [-0.05, 0) is 30.3 Å². The van der Waals surface area contributed by atoms with E-state index in [0.29, 0.717) is 34.5 Å². The second-order valence-corrected chi connectivity index (χ2v) is 6.88. The van der Waals surface area contributed by atoms with Crippen LogP contribution in [0, 0.1) is 5.82 Å². The third-order valence-corrected chi connectivity index (χ3v) is 4.97. The minimum atomic E-state index is -0.372. The van der Waals surface area contributed by atoms with Crippen LogP contribution in [0.3, 0.4) is 0 Å². The van der Waals surface area contributed by atoms with Crippen molar-refractivity contribution >= 4 is 11.6 Å². The van der Waals surface area contributed by atoms with E-state index in [1.54, 1.807) is 36.7 Å². The maximum Gasteiger partial charge on any atom is 0.278 e. The largest absolute Gasteiger partial charge is 0.365 e. The summed E-state index contributed by atoms with van der Waals surface area (Å²) < 4.78 is 27.3. The summed E-state index contributed by atoms with van der Waals surface area (Å²) in [6.07, 6.45) is 1.32. The van der Waals surface area contributed by atoms with Gasteiger partial charge in [0.1, 0.15) is 11.9 Å². The Kier molecular flexibility index (Phi) is 4.18. The summed E-state index contributed by atoms with van der Waals surface area (Å²) in [5, 5.41) is 4.66. The van der Waals surface area contributed by atoms with E-state index in [-0.39, 0.29) is 18.5 Å². The van der Waals surface area contributed by atoms with Gasteiger partial charge in [0.15, 0.2) is 5.69 Å². The Bertz CT molecular complexity index is 1140. The first-order valence-corrected chi connectivity index (χ1v) is 9.07. The molecule has 1 aliphatic heterocycles. The van der Waals surface area contributed by atoms with Crippen LogP contribution >= 0.6 is 11.6 Å². The van der Waals surface area contributed by atoms with Gasteiger partial charge in [-0.25, -0.2) is 9.37 Å². The van der Waals surface area contributed by atoms with Crippen molar-refractivity contribution in [3.63, 3.8) is 0 Å². The molecule has 140 valence electrons. The number of rotatable bonds is 3. The molecule has 0 bridgehead atoms. The average Bonchev–Trinajstić information content (AvgIpc) is 3.35. The first-order chi connectivity index (χ1) is 13.7. The molecule has 3 heterocycles. The number of benzene rings is 2. The monoisotopic (exact) mass is 396 g/mol. The van der Waals surface area contributed by atoms with E-state index in [2.05, 4.69) is 15.1 Å². The Hall–Kier alpha value is -3.03. The summed E-state index contributed by atoms with van der Waals surface area (Å²) in [4.78, 5) is 8.85. The lowest BCUT2D eigenvalue weighted by Gasteiger charge is -2.25. The average molecular weight is 397 g/mol. The molecule has 0 fully saturated rings. The van der Waals surface area contributed by atoms with E-state index in [1.165, 1.54) is 6.07 Å². The molecule has 1 aliphatic rings. The van der Waals surface area contributed by atoms with Gasteiger partial charge in [0.2, 0.25) is 5.82 Å². The first kappa shape index (κ1) is 17.1. The van der Waals surface area contributed by atoms with Gasteiger partial charge < -0.3 is 13.8 Å². The van der Waals surface area contributed by atoms with E-state index in [4.69, 9.17) is 20.9 Å². The molecule has 0 radical (unpaired) electrons. The summed E-state index contributed by atoms with van der Waals surface area (Å²) in [6, 6.07) is 13.8. The molecule has 4 aromatic rings. The lowest BCUT2D eigenvalue weighted by molar-refractivity contribution is 0.00126. The normalized spacial score (nSPS) is 16.1. The number of halogens is 2. The van der Waals surface area contributed by atoms with Crippen molar-refractivity contribution in [2.45, 2.75) is 19.3 Å². The number of fused-ring (bicyclic) bond motifs is 1. The van der Waals surface area contributed by atoms with Gasteiger partial charge in [-0.1, -0.05) is 35.0 Å². The minimum Gasteiger partial charge on any atom is -0.365 e. The lowest BCUT2D eigenvalue weighted by atomic mass is 10.1. The van der Waals surface area contributed by atoms with Crippen molar-refractivity contribution in [3.8, 4) is 23.0 Å². The fourth-order valence-electron chi connectivity index (χ4n) is 3.27. The Balaban J connectivity index is 1.43. The van der Waals surface area contributed by atoms with Crippen molar-refractivity contribution in [2.75, 3.05) is 0 Å². The SMILES string of the molecule is Fc1ccccc1C1Cn2cnc(-c3nc(-c4ccc(Cl)cc4)no3)c2CO1. The predicted octanol–water partition coefficient (Wildman–Crippen LogP) is 4.66. The molecule has 1 atom stereocenters. The van der Waals surface area contributed by atoms with Crippen LogP contribution in [0.5, 0.6) is 0 Å². The second-order valence-electron chi connectivity index (χ2n) is 6.44. The molecule has 28 heavy (non-hydrogen) atoms. The zero-order valence-electron chi connectivity index (χ0n) is 14.5. The number of hydrogen-bond donors (Lipinski definition) is 0. The highest BCUT2D eigenvalue weighted by molar-refractivity contribution is 6.30. The van der Waals surface area contributed by atoms with Crippen LogP contribution in [0.1, 0.15) is 17.4 Å². The Labute approximate surface area is 164 Å². The molecule has 8 heteroatoms. The summed E-state index contributed by atoms with van der Waals surface area (Å²) in [7, 11) is 0. The second kappa shape index (κ2) is 6.85. The van der Waals surface area contributed by atoms with E-state index in [0.717, 1.165) is 11.3 Å². The molecule has 0 aliphatic carbocycles. The highest BCUT2D eigenvalue weighted by Gasteiger charge is 2.27. The molecule has 1 unspecified atom stereocenters. The molecule has 2 aromatic heterocycles. The van der Waals surface area contributed by atoms with Gasteiger partial charge in [-0.15, -0.1) is 0 Å². The molecule has 0 spiro atoms. The summed E-state index contributed by atoms with van der Waals surface area (Å²) >= 11 is 5.92. The van der Waals surface area contributed by atoms with Crippen molar-refractivity contribution in [3.05, 3.63) is 77.0 Å². The molecule has 6 nitrogen and oxygen atoms in total. The summed E-state index contributed by atoms with van der Waals surface area (Å²) in [6.45, 7) is 0.731. The molecule has 0 amide bonds. The third-order valence-electron chi connectivity index (χ3n) is 4.71. The van der Waals surface area contributed by atoms with Crippen LogP contribution < -0.4 is 0 Å². The maximum absolute atomic E-state index is 14.1. The van der Waals surface area contributed by atoms with Crippen LogP contribution in [0.25, 0.3) is 23.0 Å². The summed E-state index contributed by atoms with van der Waals surface area (Å²) in [5.74, 6) is 0.488. The lowest BCUT2D eigenvalue weighted by Crippen LogP contribution is -2.21. The predicted molar refractivity (Wildman–Crippen MR) is 99.9 cm³/mol.